The lowest BCUT2D eigenvalue weighted by molar-refractivity contribution is -0.0880. The average Bonchev–Trinajstić information content (AvgIpc) is 3.08. The van der Waals surface area contributed by atoms with E-state index in [1.165, 1.54) is 20.8 Å². The minimum absolute atomic E-state index is 0.0451. The smallest absolute Gasteiger partial charge is 0.389 e. The first-order chi connectivity index (χ1) is 15.2. The normalized spacial score (nSPS) is 23.4. The van der Waals surface area contributed by atoms with Crippen LogP contribution in [-0.2, 0) is 0 Å². The molecule has 12 heteroatoms. The number of hydrogen-bond acceptors (Lipinski definition) is 6. The molecule has 0 bridgehead atoms. The Morgan fingerprint density at radius 3 is 2.64 bits per heavy atom. The molecule has 2 aliphatic rings. The Labute approximate surface area is 192 Å². The number of rotatable bonds is 6. The summed E-state index contributed by atoms with van der Waals surface area (Å²) in [5, 5.41) is 17.5. The molecule has 184 valence electrons. The summed E-state index contributed by atoms with van der Waals surface area (Å²) in [6.45, 7) is 4.42. The zero-order chi connectivity index (χ0) is 24.6. The molecule has 4 N–H and O–H groups in total. The van der Waals surface area contributed by atoms with Crippen molar-refractivity contribution in [3.05, 3.63) is 33.4 Å². The molecule has 1 aliphatic heterocycles. The molecule has 1 aliphatic carbocycles. The summed E-state index contributed by atoms with van der Waals surface area (Å²) >= 11 is 0.787. The van der Waals surface area contributed by atoms with Crippen molar-refractivity contribution in [3.63, 3.8) is 0 Å². The van der Waals surface area contributed by atoms with Crippen LogP contribution in [0.5, 0.6) is 0 Å². The summed E-state index contributed by atoms with van der Waals surface area (Å²) < 4.78 is 70.0. The minimum atomic E-state index is -4.75. The van der Waals surface area contributed by atoms with Crippen LogP contribution in [0.2, 0.25) is 0 Å². The van der Waals surface area contributed by atoms with E-state index in [9.17, 15) is 31.9 Å². The molecule has 0 radical (unpaired) electrons. The molecule has 1 saturated carbocycles. The molecule has 0 aromatic carbocycles. The maximum absolute atomic E-state index is 14.2. The fraction of sp³-hybridized carbons (Fsp3) is 0.619. The van der Waals surface area contributed by atoms with Crippen LogP contribution in [0, 0.1) is 6.92 Å². The van der Waals surface area contributed by atoms with Crippen molar-refractivity contribution in [1.29, 1.82) is 0 Å². The third kappa shape index (κ3) is 6.30. The highest BCUT2D eigenvalue weighted by atomic mass is 32.1. The molecule has 6 nitrogen and oxygen atoms in total. The van der Waals surface area contributed by atoms with Crippen molar-refractivity contribution >= 4 is 22.8 Å². The summed E-state index contributed by atoms with van der Waals surface area (Å²) in [5.74, 6) is -3.60. The predicted octanol–water partition coefficient (Wildman–Crippen LogP) is 3.88. The van der Waals surface area contributed by atoms with Crippen molar-refractivity contribution < 1.29 is 31.9 Å². The number of halogens is 5. The molecule has 2 atom stereocenters. The van der Waals surface area contributed by atoms with E-state index in [4.69, 9.17) is 0 Å². The van der Waals surface area contributed by atoms with Crippen LogP contribution in [0.25, 0.3) is 5.57 Å². The fourth-order valence-corrected chi connectivity index (χ4v) is 4.73. The number of amides is 1. The van der Waals surface area contributed by atoms with Gasteiger partial charge in [-0.3, -0.25) is 10.1 Å². The number of nitrogens with zero attached hydrogens (tertiary/aromatic N) is 1. The Morgan fingerprint density at radius 2 is 2.03 bits per heavy atom. The zero-order valence-corrected chi connectivity index (χ0v) is 19.3. The molecule has 1 amide bonds. The highest BCUT2D eigenvalue weighted by Crippen LogP contribution is 2.41. The Balaban J connectivity index is 1.83. The molecule has 0 spiro atoms. The van der Waals surface area contributed by atoms with E-state index in [2.05, 4.69) is 20.9 Å². The molecule has 1 fully saturated rings. The third-order valence-electron chi connectivity index (χ3n) is 5.40. The van der Waals surface area contributed by atoms with Gasteiger partial charge in [0, 0.05) is 24.7 Å². The Bertz CT molecular complexity index is 949. The third-order valence-corrected chi connectivity index (χ3v) is 6.59. The van der Waals surface area contributed by atoms with Crippen LogP contribution in [0.3, 0.4) is 0 Å². The summed E-state index contributed by atoms with van der Waals surface area (Å²) in [7, 11) is 0. The second-order valence-corrected chi connectivity index (χ2v) is 9.93. The lowest BCUT2D eigenvalue weighted by Crippen LogP contribution is -2.54. The van der Waals surface area contributed by atoms with E-state index in [0.29, 0.717) is 12.8 Å². The van der Waals surface area contributed by atoms with Crippen molar-refractivity contribution in [2.75, 3.05) is 6.54 Å². The second kappa shape index (κ2) is 9.30. The quantitative estimate of drug-likeness (QED) is 0.451. The van der Waals surface area contributed by atoms with Crippen molar-refractivity contribution in [3.8, 4) is 0 Å². The predicted molar refractivity (Wildman–Crippen MR) is 115 cm³/mol. The van der Waals surface area contributed by atoms with Crippen LogP contribution in [0.15, 0.2) is 17.8 Å². The van der Waals surface area contributed by atoms with E-state index in [1.54, 1.807) is 0 Å². The summed E-state index contributed by atoms with van der Waals surface area (Å²) in [5.41, 5.74) is -2.15. The first kappa shape index (κ1) is 25.6. The number of carbonyl (C=O) groups excluding carboxylic acids is 1. The van der Waals surface area contributed by atoms with Gasteiger partial charge in [0.25, 0.3) is 11.8 Å². The Hall–Kier alpha value is -2.05. The van der Waals surface area contributed by atoms with Gasteiger partial charge in [-0.25, -0.2) is 13.8 Å². The van der Waals surface area contributed by atoms with Gasteiger partial charge in [-0.2, -0.15) is 13.2 Å². The van der Waals surface area contributed by atoms with Crippen LogP contribution >= 0.6 is 11.3 Å². The largest absolute Gasteiger partial charge is 0.416 e. The Morgan fingerprint density at radius 1 is 1.33 bits per heavy atom. The maximum Gasteiger partial charge on any atom is 0.416 e. The highest BCUT2D eigenvalue weighted by molar-refractivity contribution is 7.14. The first-order valence-electron chi connectivity index (χ1n) is 10.6. The number of hydrogen-bond donors (Lipinski definition) is 4. The zero-order valence-electron chi connectivity index (χ0n) is 18.4. The van der Waals surface area contributed by atoms with E-state index in [-0.39, 0.29) is 40.5 Å². The monoisotopic (exact) mass is 494 g/mol. The SMILES string of the molecule is Cc1nc(C(=O)NCC(C)(C)O)sc1C1=CNC(NC2CCCCC2(F)F)C=C1C(F)(F)F. The van der Waals surface area contributed by atoms with Crippen LogP contribution < -0.4 is 16.0 Å². The number of thiazole rings is 1. The average molecular weight is 495 g/mol. The number of dihydropyridines is 1. The topological polar surface area (TPSA) is 86.3 Å². The van der Waals surface area contributed by atoms with Crippen molar-refractivity contribution in [2.24, 2.45) is 0 Å². The number of aryl methyl sites for hydroxylation is 1. The number of carbonyl (C=O) groups is 1. The van der Waals surface area contributed by atoms with Crippen LogP contribution in [-0.4, -0.2) is 52.4 Å². The van der Waals surface area contributed by atoms with E-state index >= 15 is 0 Å². The Kier molecular flexibility index (Phi) is 7.21. The summed E-state index contributed by atoms with van der Waals surface area (Å²) in [4.78, 5) is 16.5. The molecule has 0 saturated heterocycles. The lowest BCUT2D eigenvalue weighted by Gasteiger charge is -2.35. The molecule has 1 aromatic rings. The van der Waals surface area contributed by atoms with Crippen LogP contribution in [0.4, 0.5) is 22.0 Å². The summed E-state index contributed by atoms with van der Waals surface area (Å²) in [6, 6.07) is -1.22. The van der Waals surface area contributed by atoms with Gasteiger partial charge in [0.2, 0.25) is 0 Å². The highest BCUT2D eigenvalue weighted by Gasteiger charge is 2.44. The van der Waals surface area contributed by atoms with E-state index in [1.807, 2.05) is 0 Å². The number of aromatic nitrogens is 1. The standard InChI is InChI=1S/C21H27F5N4O2S/c1-11-16(33-18(29-11)17(31)28-10-19(2,3)32)12-9-27-15(8-13(12)21(24,25)26)30-14-6-4-5-7-20(14,22)23/h8-9,14-15,27,30,32H,4-7,10H2,1-3H3,(H,28,31). The number of aliphatic hydroxyl groups is 1. The fourth-order valence-electron chi connectivity index (χ4n) is 3.72. The van der Waals surface area contributed by atoms with Crippen molar-refractivity contribution in [1.82, 2.24) is 20.9 Å². The maximum atomic E-state index is 14.2. The van der Waals surface area contributed by atoms with Gasteiger partial charge in [0.05, 0.1) is 34.0 Å². The molecule has 3 rings (SSSR count). The number of alkyl halides is 5. The second-order valence-electron chi connectivity index (χ2n) is 8.94. The molecule has 2 unspecified atom stereocenters. The molecular formula is C21H27F5N4O2S. The van der Waals surface area contributed by atoms with Crippen molar-refractivity contribution in [2.45, 2.75) is 76.4 Å². The van der Waals surface area contributed by atoms with Gasteiger partial charge >= 0.3 is 6.18 Å². The molecular weight excluding hydrogens is 467 g/mol. The van der Waals surface area contributed by atoms with E-state index < -0.39 is 41.4 Å². The van der Waals surface area contributed by atoms with Gasteiger partial charge in [0.1, 0.15) is 0 Å². The molecule has 2 heterocycles. The number of nitrogens with one attached hydrogen (secondary N) is 3. The molecule has 33 heavy (non-hydrogen) atoms. The van der Waals surface area contributed by atoms with E-state index in [0.717, 1.165) is 23.6 Å². The van der Waals surface area contributed by atoms with Gasteiger partial charge in [-0.05, 0) is 39.7 Å². The van der Waals surface area contributed by atoms with Gasteiger partial charge in [-0.1, -0.05) is 6.42 Å². The first-order valence-corrected chi connectivity index (χ1v) is 11.4. The minimum Gasteiger partial charge on any atom is -0.389 e. The lowest BCUT2D eigenvalue weighted by atomic mass is 9.91. The molecule has 1 aromatic heterocycles. The van der Waals surface area contributed by atoms with Gasteiger partial charge in [0.15, 0.2) is 5.01 Å². The van der Waals surface area contributed by atoms with Gasteiger partial charge in [-0.15, -0.1) is 11.3 Å². The van der Waals surface area contributed by atoms with Crippen LogP contribution in [0.1, 0.15) is 59.9 Å². The van der Waals surface area contributed by atoms with Gasteiger partial charge < -0.3 is 15.7 Å². The summed E-state index contributed by atoms with van der Waals surface area (Å²) in [6.07, 6.45) is -3.05. The number of allylic oxidation sites excluding steroid dienone is 2.